The van der Waals surface area contributed by atoms with Gasteiger partial charge in [0, 0.05) is 31.8 Å². The molecule has 0 amide bonds. The number of likely N-dealkylation sites (tertiary alicyclic amines) is 1. The van der Waals surface area contributed by atoms with Crippen molar-refractivity contribution in [1.82, 2.24) is 4.90 Å². The smallest absolute Gasteiger partial charge is 0.328 e. The summed E-state index contributed by atoms with van der Waals surface area (Å²) in [6, 6.07) is 0.770. The van der Waals surface area contributed by atoms with Crippen molar-refractivity contribution >= 4 is 9.28 Å². The fourth-order valence-electron chi connectivity index (χ4n) is 3.06. The summed E-state index contributed by atoms with van der Waals surface area (Å²) in [5, 5.41) is 0.175. The second kappa shape index (κ2) is 6.88. The molecule has 17 heavy (non-hydrogen) atoms. The maximum absolute atomic E-state index is 5.56. The van der Waals surface area contributed by atoms with E-state index < -0.39 is 9.28 Å². The second-order valence-corrected chi connectivity index (χ2v) is 8.99. The lowest BCUT2D eigenvalue weighted by atomic mass is 9.98. The number of rotatable bonds is 6. The lowest BCUT2D eigenvalue weighted by Crippen LogP contribution is -2.47. The molecule has 102 valence electrons. The number of hydrogen-bond acceptors (Lipinski definition) is 3. The first-order valence-electron chi connectivity index (χ1n) is 6.84. The molecule has 0 aromatic rings. The highest BCUT2D eigenvalue weighted by Gasteiger charge is 2.36. The second-order valence-electron chi connectivity index (χ2n) is 5.82. The van der Waals surface area contributed by atoms with Crippen LogP contribution in [0.4, 0.5) is 0 Å². The number of piperidine rings is 1. The molecule has 1 heterocycles. The Labute approximate surface area is 108 Å². The summed E-state index contributed by atoms with van der Waals surface area (Å²) in [6.07, 6.45) is 5.37. The molecule has 0 radical (unpaired) electrons. The van der Waals surface area contributed by atoms with Gasteiger partial charge in [0.1, 0.15) is 0 Å². The van der Waals surface area contributed by atoms with E-state index in [-0.39, 0.29) is 5.04 Å². The first kappa shape index (κ1) is 15.2. The van der Waals surface area contributed by atoms with Gasteiger partial charge in [-0.15, -0.1) is 0 Å². The molecule has 0 spiro atoms. The highest BCUT2D eigenvalue weighted by Crippen LogP contribution is 2.33. The lowest BCUT2D eigenvalue weighted by Gasteiger charge is -2.41. The summed E-state index contributed by atoms with van der Waals surface area (Å²) in [4.78, 5) is 2.65. The van der Waals surface area contributed by atoms with Crippen molar-refractivity contribution in [2.75, 3.05) is 27.3 Å². The Bertz CT molecular complexity index is 219. The van der Waals surface area contributed by atoms with Crippen LogP contribution in [0.3, 0.4) is 0 Å². The van der Waals surface area contributed by atoms with Crippen molar-refractivity contribution in [3.8, 4) is 0 Å². The van der Waals surface area contributed by atoms with Crippen LogP contribution >= 0.6 is 0 Å². The van der Waals surface area contributed by atoms with Gasteiger partial charge in [0.2, 0.25) is 0 Å². The Morgan fingerprint density at radius 2 is 1.88 bits per heavy atom. The quantitative estimate of drug-likeness (QED) is 0.684. The van der Waals surface area contributed by atoms with Crippen LogP contribution in [0.25, 0.3) is 0 Å². The van der Waals surface area contributed by atoms with Crippen LogP contribution in [0.15, 0.2) is 0 Å². The Balaban J connectivity index is 2.60. The Morgan fingerprint density at radius 1 is 1.24 bits per heavy atom. The summed E-state index contributed by atoms with van der Waals surface area (Å²) in [5.41, 5.74) is 0. The highest BCUT2D eigenvalue weighted by molar-refractivity contribution is 6.48. The molecule has 1 unspecified atom stereocenters. The lowest BCUT2D eigenvalue weighted by molar-refractivity contribution is 0.118. The highest BCUT2D eigenvalue weighted by atomic mass is 28.3. The van der Waals surface area contributed by atoms with E-state index in [0.717, 1.165) is 12.6 Å². The van der Waals surface area contributed by atoms with E-state index in [4.69, 9.17) is 8.85 Å². The van der Waals surface area contributed by atoms with E-state index >= 15 is 0 Å². The molecule has 0 bridgehead atoms. The van der Waals surface area contributed by atoms with Crippen LogP contribution in [-0.4, -0.2) is 47.5 Å². The van der Waals surface area contributed by atoms with Gasteiger partial charge >= 0.3 is 9.28 Å². The molecule has 1 atom stereocenters. The Kier molecular flexibility index (Phi) is 6.13. The van der Waals surface area contributed by atoms with E-state index in [0.29, 0.717) is 0 Å². The molecule has 4 heteroatoms. The average Bonchev–Trinajstić information content (AvgIpc) is 2.30. The summed E-state index contributed by atoms with van der Waals surface area (Å²) >= 11 is 0. The molecule has 1 aliphatic rings. The maximum Gasteiger partial charge on any atom is 0.328 e. The van der Waals surface area contributed by atoms with Crippen LogP contribution in [0.1, 0.15) is 46.5 Å². The standard InChI is InChI=1S/C13H29NO2Si/c1-6-12-9-7-8-10-14(12)11-13(2,3)17(15-4)16-5/h12,17H,6-11H2,1-5H3. The van der Waals surface area contributed by atoms with Gasteiger partial charge in [0.15, 0.2) is 0 Å². The van der Waals surface area contributed by atoms with Gasteiger partial charge in [0.05, 0.1) is 0 Å². The van der Waals surface area contributed by atoms with Gasteiger partial charge in [-0.25, -0.2) is 0 Å². The topological polar surface area (TPSA) is 21.7 Å². The van der Waals surface area contributed by atoms with Crippen LogP contribution in [0, 0.1) is 0 Å². The van der Waals surface area contributed by atoms with Crippen molar-refractivity contribution in [2.45, 2.75) is 57.5 Å². The van der Waals surface area contributed by atoms with Crippen molar-refractivity contribution in [2.24, 2.45) is 0 Å². The number of nitrogens with zero attached hydrogens (tertiary/aromatic N) is 1. The molecular weight excluding hydrogens is 230 g/mol. The average molecular weight is 259 g/mol. The van der Waals surface area contributed by atoms with Crippen molar-refractivity contribution in [3.05, 3.63) is 0 Å². The Hall–Kier alpha value is 0.0969. The van der Waals surface area contributed by atoms with E-state index in [9.17, 15) is 0 Å². The molecule has 0 aromatic carbocycles. The molecular formula is C13H29NO2Si. The van der Waals surface area contributed by atoms with E-state index in [1.54, 1.807) is 14.2 Å². The predicted molar refractivity (Wildman–Crippen MR) is 74.7 cm³/mol. The molecule has 0 saturated carbocycles. The third-order valence-corrected chi connectivity index (χ3v) is 6.21. The monoisotopic (exact) mass is 259 g/mol. The summed E-state index contributed by atoms with van der Waals surface area (Å²) in [7, 11) is 2.02. The van der Waals surface area contributed by atoms with Crippen LogP contribution < -0.4 is 0 Å². The van der Waals surface area contributed by atoms with Gasteiger partial charge in [-0.1, -0.05) is 27.2 Å². The first-order chi connectivity index (χ1) is 8.05. The summed E-state index contributed by atoms with van der Waals surface area (Å²) in [5.74, 6) is 0. The fraction of sp³-hybridized carbons (Fsp3) is 1.00. The van der Waals surface area contributed by atoms with Gasteiger partial charge in [0.25, 0.3) is 0 Å². The third kappa shape index (κ3) is 4.05. The zero-order chi connectivity index (χ0) is 12.9. The molecule has 1 fully saturated rings. The predicted octanol–water partition coefficient (Wildman–Crippen LogP) is 2.54. The number of hydrogen-bond donors (Lipinski definition) is 0. The van der Waals surface area contributed by atoms with Gasteiger partial charge in [-0.05, 0) is 25.8 Å². The van der Waals surface area contributed by atoms with E-state index in [2.05, 4.69) is 25.7 Å². The van der Waals surface area contributed by atoms with Crippen LogP contribution in [0.2, 0.25) is 5.04 Å². The maximum atomic E-state index is 5.56. The minimum Gasteiger partial charge on any atom is -0.400 e. The van der Waals surface area contributed by atoms with Gasteiger partial charge < -0.3 is 8.85 Å². The Morgan fingerprint density at radius 3 is 2.41 bits per heavy atom. The minimum atomic E-state index is -1.55. The zero-order valence-electron chi connectivity index (χ0n) is 12.2. The molecule has 0 aromatic heterocycles. The third-order valence-electron chi connectivity index (χ3n) is 3.90. The minimum absolute atomic E-state index is 0.175. The molecule has 3 nitrogen and oxygen atoms in total. The van der Waals surface area contributed by atoms with Gasteiger partial charge in [-0.3, -0.25) is 4.90 Å². The molecule has 0 N–H and O–H groups in total. The summed E-state index contributed by atoms with van der Waals surface area (Å²) in [6.45, 7) is 9.24. The molecule has 0 aliphatic carbocycles. The molecule has 1 saturated heterocycles. The van der Waals surface area contributed by atoms with E-state index in [1.165, 1.54) is 32.2 Å². The molecule has 1 aliphatic heterocycles. The first-order valence-corrected chi connectivity index (χ1v) is 8.36. The van der Waals surface area contributed by atoms with Crippen molar-refractivity contribution in [1.29, 1.82) is 0 Å². The molecule has 1 rings (SSSR count). The largest absolute Gasteiger partial charge is 0.400 e. The van der Waals surface area contributed by atoms with Gasteiger partial charge in [-0.2, -0.15) is 0 Å². The van der Waals surface area contributed by atoms with E-state index in [1.807, 2.05) is 0 Å². The van der Waals surface area contributed by atoms with Crippen LogP contribution in [-0.2, 0) is 8.85 Å². The van der Waals surface area contributed by atoms with Crippen molar-refractivity contribution < 1.29 is 8.85 Å². The zero-order valence-corrected chi connectivity index (χ0v) is 13.3. The normalized spacial score (nSPS) is 23.3. The fourth-order valence-corrected chi connectivity index (χ4v) is 4.91. The summed E-state index contributed by atoms with van der Waals surface area (Å²) < 4.78 is 11.1. The van der Waals surface area contributed by atoms with Crippen LogP contribution in [0.5, 0.6) is 0 Å². The van der Waals surface area contributed by atoms with Crippen molar-refractivity contribution in [3.63, 3.8) is 0 Å². The SMILES string of the molecule is CCC1CCCCN1CC(C)(C)[SiH](OC)OC.